The third-order valence-corrected chi connectivity index (χ3v) is 4.98. The fourth-order valence-corrected chi connectivity index (χ4v) is 3.27. The van der Waals surface area contributed by atoms with Gasteiger partial charge in [-0.3, -0.25) is 4.79 Å². The molecule has 0 radical (unpaired) electrons. The van der Waals surface area contributed by atoms with E-state index in [1.807, 2.05) is 12.1 Å². The largest absolute Gasteiger partial charge is 0.355 e. The molecule has 1 fully saturated rings. The molecule has 0 unspecified atom stereocenters. The second kappa shape index (κ2) is 5.80. The summed E-state index contributed by atoms with van der Waals surface area (Å²) in [6, 6.07) is 14.7. The third kappa shape index (κ3) is 3.10. The predicted molar refractivity (Wildman–Crippen MR) is 83.0 cm³/mol. The van der Waals surface area contributed by atoms with E-state index in [0.717, 1.165) is 13.0 Å². The van der Waals surface area contributed by atoms with E-state index in [1.165, 1.54) is 23.3 Å². The fraction of sp³-hybridized carbons (Fsp3) is 0.353. The number of aryl methyl sites for hydroxylation is 1. The number of rotatable bonds is 6. The van der Waals surface area contributed by atoms with Gasteiger partial charge in [0.05, 0.1) is 0 Å². The summed E-state index contributed by atoms with van der Waals surface area (Å²) in [6.07, 6.45) is 3.80. The first-order valence-corrected chi connectivity index (χ1v) is 8.01. The highest BCUT2D eigenvalue weighted by Crippen LogP contribution is 2.47. The molecule has 3 heteroatoms. The molecule has 3 rings (SSSR count). The molecule has 1 saturated carbocycles. The predicted octanol–water partition coefficient (Wildman–Crippen LogP) is 3.53. The molecule has 1 aromatic carbocycles. The molecule has 1 N–H and O–H groups in total. The van der Waals surface area contributed by atoms with Crippen molar-refractivity contribution in [3.05, 3.63) is 58.3 Å². The van der Waals surface area contributed by atoms with Crippen LogP contribution >= 0.6 is 11.3 Å². The maximum Gasteiger partial charge on any atom is 0.220 e. The zero-order chi connectivity index (χ0) is 13.8. The number of carbonyl (C=O) groups excluding carboxylic acids is 1. The minimum Gasteiger partial charge on any atom is -0.355 e. The lowest BCUT2D eigenvalue weighted by molar-refractivity contribution is -0.121. The second-order valence-corrected chi connectivity index (χ2v) is 6.53. The van der Waals surface area contributed by atoms with Crippen molar-refractivity contribution < 1.29 is 4.79 Å². The number of amides is 1. The Labute approximate surface area is 123 Å². The number of nitrogens with one attached hydrogen (secondary N) is 1. The van der Waals surface area contributed by atoms with Crippen LogP contribution in [0.15, 0.2) is 47.8 Å². The Kier molecular flexibility index (Phi) is 3.88. The average molecular weight is 285 g/mol. The van der Waals surface area contributed by atoms with Gasteiger partial charge in [0.15, 0.2) is 0 Å². The Morgan fingerprint density at radius 3 is 2.60 bits per heavy atom. The first-order valence-electron chi connectivity index (χ1n) is 7.13. The molecule has 20 heavy (non-hydrogen) atoms. The molecule has 0 atom stereocenters. The van der Waals surface area contributed by atoms with Gasteiger partial charge >= 0.3 is 0 Å². The SMILES string of the molecule is O=C(CCc1cccs1)NCC1(c2ccccc2)CC1. The topological polar surface area (TPSA) is 29.1 Å². The summed E-state index contributed by atoms with van der Waals surface area (Å²) in [7, 11) is 0. The molecule has 0 aliphatic heterocycles. The van der Waals surface area contributed by atoms with Crippen molar-refractivity contribution in [2.24, 2.45) is 0 Å². The summed E-state index contributed by atoms with van der Waals surface area (Å²) in [5.41, 5.74) is 1.57. The lowest BCUT2D eigenvalue weighted by Gasteiger charge is -2.16. The molecule has 0 saturated heterocycles. The van der Waals surface area contributed by atoms with Gasteiger partial charge in [-0.25, -0.2) is 0 Å². The number of hydrogen-bond acceptors (Lipinski definition) is 2. The van der Waals surface area contributed by atoms with Crippen molar-refractivity contribution in [3.8, 4) is 0 Å². The number of carbonyl (C=O) groups is 1. The summed E-state index contributed by atoms with van der Waals surface area (Å²) < 4.78 is 0. The second-order valence-electron chi connectivity index (χ2n) is 5.50. The van der Waals surface area contributed by atoms with Crippen LogP contribution in [-0.2, 0) is 16.6 Å². The average Bonchev–Trinajstić information content (AvgIpc) is 3.11. The Hall–Kier alpha value is -1.61. The van der Waals surface area contributed by atoms with Crippen LogP contribution < -0.4 is 5.32 Å². The van der Waals surface area contributed by atoms with Crippen molar-refractivity contribution in [1.29, 1.82) is 0 Å². The Morgan fingerprint density at radius 1 is 1.15 bits per heavy atom. The molecule has 0 spiro atoms. The zero-order valence-electron chi connectivity index (χ0n) is 11.5. The van der Waals surface area contributed by atoms with Crippen LogP contribution in [0.25, 0.3) is 0 Å². The van der Waals surface area contributed by atoms with Gasteiger partial charge in [-0.15, -0.1) is 11.3 Å². The normalized spacial score (nSPS) is 15.8. The standard InChI is InChI=1S/C17H19NOS/c19-16(9-8-15-7-4-12-20-15)18-13-17(10-11-17)14-5-2-1-3-6-14/h1-7,12H,8-11,13H2,(H,18,19). The van der Waals surface area contributed by atoms with E-state index in [1.54, 1.807) is 11.3 Å². The molecular formula is C17H19NOS. The van der Waals surface area contributed by atoms with Crippen LogP contribution in [0.3, 0.4) is 0 Å². The minimum atomic E-state index is 0.167. The van der Waals surface area contributed by atoms with E-state index in [0.29, 0.717) is 6.42 Å². The molecular weight excluding hydrogens is 266 g/mol. The highest BCUT2D eigenvalue weighted by atomic mass is 32.1. The summed E-state index contributed by atoms with van der Waals surface area (Å²) >= 11 is 1.72. The van der Waals surface area contributed by atoms with Crippen LogP contribution in [0.4, 0.5) is 0 Å². The lowest BCUT2D eigenvalue weighted by Crippen LogP contribution is -2.32. The minimum absolute atomic E-state index is 0.167. The van der Waals surface area contributed by atoms with E-state index in [2.05, 4.69) is 41.0 Å². The van der Waals surface area contributed by atoms with Gasteiger partial charge in [-0.05, 0) is 36.3 Å². The van der Waals surface area contributed by atoms with Gasteiger partial charge in [-0.1, -0.05) is 36.4 Å². The lowest BCUT2D eigenvalue weighted by atomic mass is 9.96. The summed E-state index contributed by atoms with van der Waals surface area (Å²) in [6.45, 7) is 0.778. The summed E-state index contributed by atoms with van der Waals surface area (Å²) in [5.74, 6) is 0.167. The third-order valence-electron chi connectivity index (χ3n) is 4.04. The number of benzene rings is 1. The van der Waals surface area contributed by atoms with E-state index in [4.69, 9.17) is 0 Å². The quantitative estimate of drug-likeness (QED) is 0.864. The van der Waals surface area contributed by atoms with Gasteiger partial charge in [0.25, 0.3) is 0 Å². The summed E-state index contributed by atoms with van der Waals surface area (Å²) in [5, 5.41) is 5.17. The first-order chi connectivity index (χ1) is 9.78. The van der Waals surface area contributed by atoms with Crippen molar-refractivity contribution in [1.82, 2.24) is 5.32 Å². The van der Waals surface area contributed by atoms with Crippen LogP contribution in [0.5, 0.6) is 0 Å². The number of hydrogen-bond donors (Lipinski definition) is 1. The zero-order valence-corrected chi connectivity index (χ0v) is 12.3. The highest BCUT2D eigenvalue weighted by Gasteiger charge is 2.44. The molecule has 2 aromatic rings. The van der Waals surface area contributed by atoms with Gasteiger partial charge in [-0.2, -0.15) is 0 Å². The van der Waals surface area contributed by atoms with Crippen molar-refractivity contribution in [2.45, 2.75) is 31.1 Å². The Morgan fingerprint density at radius 2 is 1.95 bits per heavy atom. The van der Waals surface area contributed by atoms with Gasteiger partial charge in [0.1, 0.15) is 0 Å². The van der Waals surface area contributed by atoms with Gasteiger partial charge in [0.2, 0.25) is 5.91 Å². The van der Waals surface area contributed by atoms with E-state index in [9.17, 15) is 4.79 Å². The molecule has 1 heterocycles. The molecule has 0 bridgehead atoms. The van der Waals surface area contributed by atoms with E-state index < -0.39 is 0 Å². The van der Waals surface area contributed by atoms with E-state index >= 15 is 0 Å². The van der Waals surface area contributed by atoms with Crippen molar-refractivity contribution in [2.75, 3.05) is 6.54 Å². The highest BCUT2D eigenvalue weighted by molar-refractivity contribution is 7.09. The maximum absolute atomic E-state index is 11.9. The summed E-state index contributed by atoms with van der Waals surface area (Å²) in [4.78, 5) is 13.2. The molecule has 104 valence electrons. The molecule has 1 amide bonds. The van der Waals surface area contributed by atoms with Gasteiger partial charge < -0.3 is 5.32 Å². The smallest absolute Gasteiger partial charge is 0.220 e. The Balaban J connectivity index is 1.48. The van der Waals surface area contributed by atoms with Crippen LogP contribution in [0.1, 0.15) is 29.7 Å². The molecule has 1 aliphatic rings. The molecule has 1 aromatic heterocycles. The molecule has 1 aliphatic carbocycles. The van der Waals surface area contributed by atoms with Crippen molar-refractivity contribution >= 4 is 17.2 Å². The van der Waals surface area contributed by atoms with E-state index in [-0.39, 0.29) is 11.3 Å². The fourth-order valence-electron chi connectivity index (χ4n) is 2.56. The van der Waals surface area contributed by atoms with Crippen LogP contribution in [-0.4, -0.2) is 12.5 Å². The number of thiophene rings is 1. The first kappa shape index (κ1) is 13.4. The Bertz CT molecular complexity index is 558. The van der Waals surface area contributed by atoms with Crippen LogP contribution in [0, 0.1) is 0 Å². The van der Waals surface area contributed by atoms with Crippen molar-refractivity contribution in [3.63, 3.8) is 0 Å². The van der Waals surface area contributed by atoms with Gasteiger partial charge in [0, 0.05) is 23.3 Å². The monoisotopic (exact) mass is 285 g/mol. The van der Waals surface area contributed by atoms with Crippen LogP contribution in [0.2, 0.25) is 0 Å². The molecule has 2 nitrogen and oxygen atoms in total. The maximum atomic E-state index is 11.9.